The van der Waals surface area contributed by atoms with Gasteiger partial charge in [0.2, 0.25) is 0 Å². The second-order valence-electron chi connectivity index (χ2n) is 6.52. The number of anilines is 2. The van der Waals surface area contributed by atoms with Crippen molar-refractivity contribution in [1.29, 1.82) is 0 Å². The highest BCUT2D eigenvalue weighted by molar-refractivity contribution is 5.95. The maximum atomic E-state index is 12.8. The van der Waals surface area contributed by atoms with Crippen LogP contribution in [-0.4, -0.2) is 75.5 Å². The van der Waals surface area contributed by atoms with Crippen LogP contribution in [0, 0.1) is 0 Å². The number of rotatable bonds is 5. The molecular formula is C19H25N5O3. The molecule has 0 aliphatic carbocycles. The Balaban J connectivity index is 1.67. The standard InChI is InChI=1S/C19H25N5O3/c1-22(2)15-12-18(21-20-13-15)23-7-9-24(10-8-23)19(25)14-5-6-16(26-3)17(11-14)27-4/h5-6,11-13H,7-10H2,1-4H3. The molecule has 2 aromatic rings. The van der Waals surface area contributed by atoms with Crippen molar-refractivity contribution in [3.05, 3.63) is 36.0 Å². The minimum absolute atomic E-state index is 0.0104. The first-order valence-corrected chi connectivity index (χ1v) is 8.79. The molecule has 1 fully saturated rings. The molecule has 1 aromatic carbocycles. The number of methoxy groups -OCH3 is 2. The number of carbonyl (C=O) groups is 1. The highest BCUT2D eigenvalue weighted by Crippen LogP contribution is 2.28. The Labute approximate surface area is 159 Å². The van der Waals surface area contributed by atoms with Crippen molar-refractivity contribution in [2.45, 2.75) is 0 Å². The van der Waals surface area contributed by atoms with Crippen LogP contribution in [-0.2, 0) is 0 Å². The van der Waals surface area contributed by atoms with Gasteiger partial charge in [0.05, 0.1) is 26.1 Å². The molecule has 0 radical (unpaired) electrons. The molecule has 3 rings (SSSR count). The van der Waals surface area contributed by atoms with Crippen LogP contribution in [0.4, 0.5) is 11.5 Å². The van der Waals surface area contributed by atoms with E-state index in [1.807, 2.05) is 30.0 Å². The highest BCUT2D eigenvalue weighted by Gasteiger charge is 2.24. The maximum absolute atomic E-state index is 12.8. The summed E-state index contributed by atoms with van der Waals surface area (Å²) in [6, 6.07) is 7.26. The van der Waals surface area contributed by atoms with Gasteiger partial charge in [-0.3, -0.25) is 4.79 Å². The van der Waals surface area contributed by atoms with E-state index >= 15 is 0 Å². The summed E-state index contributed by atoms with van der Waals surface area (Å²) in [5.41, 5.74) is 1.60. The van der Waals surface area contributed by atoms with E-state index in [0.717, 1.165) is 11.5 Å². The Morgan fingerprint density at radius 1 is 1.04 bits per heavy atom. The van der Waals surface area contributed by atoms with Gasteiger partial charge in [-0.25, -0.2) is 0 Å². The molecule has 0 N–H and O–H groups in total. The summed E-state index contributed by atoms with van der Waals surface area (Å²) in [6.45, 7) is 2.68. The lowest BCUT2D eigenvalue weighted by Gasteiger charge is -2.35. The molecule has 8 heteroatoms. The van der Waals surface area contributed by atoms with Crippen molar-refractivity contribution in [1.82, 2.24) is 15.1 Å². The second kappa shape index (κ2) is 8.11. The molecule has 8 nitrogen and oxygen atoms in total. The van der Waals surface area contributed by atoms with Gasteiger partial charge in [0.1, 0.15) is 0 Å². The summed E-state index contributed by atoms with van der Waals surface area (Å²) in [5, 5.41) is 8.31. The molecule has 1 aromatic heterocycles. The van der Waals surface area contributed by atoms with E-state index in [1.54, 1.807) is 38.6 Å². The van der Waals surface area contributed by atoms with Gasteiger partial charge in [-0.1, -0.05) is 0 Å². The normalized spacial score (nSPS) is 14.1. The fourth-order valence-electron chi connectivity index (χ4n) is 3.04. The van der Waals surface area contributed by atoms with Gasteiger partial charge < -0.3 is 24.2 Å². The van der Waals surface area contributed by atoms with E-state index in [-0.39, 0.29) is 5.91 Å². The molecule has 1 aliphatic heterocycles. The zero-order valence-corrected chi connectivity index (χ0v) is 16.2. The largest absolute Gasteiger partial charge is 0.493 e. The number of nitrogens with zero attached hydrogens (tertiary/aromatic N) is 5. The van der Waals surface area contributed by atoms with E-state index in [1.165, 1.54) is 0 Å². The number of amides is 1. The van der Waals surface area contributed by atoms with Crippen LogP contribution >= 0.6 is 0 Å². The number of hydrogen-bond donors (Lipinski definition) is 0. The summed E-state index contributed by atoms with van der Waals surface area (Å²) in [6.07, 6.45) is 1.74. The SMILES string of the molecule is COc1ccc(C(=O)N2CCN(c3cc(N(C)C)cnn3)CC2)cc1OC. The van der Waals surface area contributed by atoms with Crippen molar-refractivity contribution < 1.29 is 14.3 Å². The first kappa shape index (κ1) is 18.8. The summed E-state index contributed by atoms with van der Waals surface area (Å²) >= 11 is 0. The lowest BCUT2D eigenvalue weighted by atomic mass is 10.1. The van der Waals surface area contributed by atoms with Gasteiger partial charge in [0.15, 0.2) is 17.3 Å². The van der Waals surface area contributed by atoms with Gasteiger partial charge >= 0.3 is 0 Å². The van der Waals surface area contributed by atoms with E-state index in [4.69, 9.17) is 9.47 Å². The van der Waals surface area contributed by atoms with Gasteiger partial charge in [-0.2, -0.15) is 5.10 Å². The number of hydrogen-bond acceptors (Lipinski definition) is 7. The second-order valence-corrected chi connectivity index (χ2v) is 6.52. The minimum Gasteiger partial charge on any atom is -0.493 e. The molecule has 0 atom stereocenters. The molecule has 0 spiro atoms. The average Bonchev–Trinajstić information content (AvgIpc) is 2.72. The first-order valence-electron chi connectivity index (χ1n) is 8.79. The number of aromatic nitrogens is 2. The Morgan fingerprint density at radius 3 is 2.37 bits per heavy atom. The maximum Gasteiger partial charge on any atom is 0.254 e. The van der Waals surface area contributed by atoms with Crippen LogP contribution < -0.4 is 19.3 Å². The van der Waals surface area contributed by atoms with Crippen LogP contribution in [0.5, 0.6) is 11.5 Å². The van der Waals surface area contributed by atoms with Crippen LogP contribution in [0.25, 0.3) is 0 Å². The van der Waals surface area contributed by atoms with E-state index in [2.05, 4.69) is 15.1 Å². The monoisotopic (exact) mass is 371 g/mol. The average molecular weight is 371 g/mol. The summed E-state index contributed by atoms with van der Waals surface area (Å²) < 4.78 is 10.5. The molecule has 0 unspecified atom stereocenters. The van der Waals surface area contributed by atoms with Crippen LogP contribution in [0.2, 0.25) is 0 Å². The molecule has 1 amide bonds. The number of piperazine rings is 1. The molecule has 144 valence electrons. The quantitative estimate of drug-likeness (QED) is 0.789. The third kappa shape index (κ3) is 4.05. The molecule has 1 saturated heterocycles. The Kier molecular flexibility index (Phi) is 5.63. The van der Waals surface area contributed by atoms with Gasteiger partial charge in [-0.15, -0.1) is 5.10 Å². The van der Waals surface area contributed by atoms with Crippen LogP contribution in [0.15, 0.2) is 30.5 Å². The third-order valence-corrected chi connectivity index (χ3v) is 4.66. The highest BCUT2D eigenvalue weighted by atomic mass is 16.5. The molecule has 0 saturated carbocycles. The topological polar surface area (TPSA) is 71.0 Å². The fourth-order valence-corrected chi connectivity index (χ4v) is 3.04. The molecular weight excluding hydrogens is 346 g/mol. The van der Waals surface area contributed by atoms with Gasteiger partial charge in [-0.05, 0) is 18.2 Å². The Hall–Kier alpha value is -3.03. The summed E-state index contributed by atoms with van der Waals surface area (Å²) in [5.74, 6) is 1.99. The van der Waals surface area contributed by atoms with Crippen molar-refractivity contribution in [2.24, 2.45) is 0 Å². The Bertz CT molecular complexity index is 804. The zero-order chi connectivity index (χ0) is 19.4. The third-order valence-electron chi connectivity index (χ3n) is 4.66. The molecule has 0 bridgehead atoms. The van der Waals surface area contributed by atoms with Crippen LogP contribution in [0.1, 0.15) is 10.4 Å². The lowest BCUT2D eigenvalue weighted by Crippen LogP contribution is -2.49. The fraction of sp³-hybridized carbons (Fsp3) is 0.421. The zero-order valence-electron chi connectivity index (χ0n) is 16.2. The van der Waals surface area contributed by atoms with Crippen molar-refractivity contribution in [2.75, 3.05) is 64.3 Å². The number of ether oxygens (including phenoxy) is 2. The summed E-state index contributed by atoms with van der Waals surface area (Å²) in [4.78, 5) is 18.8. The molecule has 2 heterocycles. The number of benzene rings is 1. The lowest BCUT2D eigenvalue weighted by molar-refractivity contribution is 0.0746. The van der Waals surface area contributed by atoms with Crippen molar-refractivity contribution >= 4 is 17.4 Å². The predicted molar refractivity (Wildman–Crippen MR) is 104 cm³/mol. The van der Waals surface area contributed by atoms with E-state index < -0.39 is 0 Å². The summed E-state index contributed by atoms with van der Waals surface area (Å²) in [7, 11) is 7.08. The van der Waals surface area contributed by atoms with Gasteiger partial charge in [0.25, 0.3) is 5.91 Å². The first-order chi connectivity index (χ1) is 13.0. The van der Waals surface area contributed by atoms with E-state index in [0.29, 0.717) is 43.2 Å². The molecule has 1 aliphatic rings. The Morgan fingerprint density at radius 2 is 1.74 bits per heavy atom. The predicted octanol–water partition coefficient (Wildman–Crippen LogP) is 1.52. The smallest absolute Gasteiger partial charge is 0.254 e. The van der Waals surface area contributed by atoms with Crippen molar-refractivity contribution in [3.8, 4) is 11.5 Å². The van der Waals surface area contributed by atoms with Crippen molar-refractivity contribution in [3.63, 3.8) is 0 Å². The molecule has 27 heavy (non-hydrogen) atoms. The van der Waals surface area contributed by atoms with Crippen LogP contribution in [0.3, 0.4) is 0 Å². The van der Waals surface area contributed by atoms with E-state index in [9.17, 15) is 4.79 Å². The van der Waals surface area contributed by atoms with Gasteiger partial charge in [0, 0.05) is 51.9 Å². The number of carbonyl (C=O) groups excluding carboxylic acids is 1. The minimum atomic E-state index is -0.0104.